The third-order valence-electron chi connectivity index (χ3n) is 4.33. The molecular formula is C19H18N4OS. The van der Waals surface area contributed by atoms with Gasteiger partial charge in [-0.3, -0.25) is 9.97 Å². The van der Waals surface area contributed by atoms with E-state index in [0.29, 0.717) is 11.7 Å². The molecule has 4 rings (SSSR count). The van der Waals surface area contributed by atoms with Gasteiger partial charge in [0, 0.05) is 25.1 Å². The van der Waals surface area contributed by atoms with E-state index in [1.165, 1.54) is 0 Å². The fraction of sp³-hybridized carbons (Fsp3) is 0.211. The van der Waals surface area contributed by atoms with E-state index < -0.39 is 0 Å². The number of aryl methyl sites for hydroxylation is 1. The lowest BCUT2D eigenvalue weighted by atomic mass is 10.0. The first-order chi connectivity index (χ1) is 12.2. The summed E-state index contributed by atoms with van der Waals surface area (Å²) in [4.78, 5) is 10.9. The highest BCUT2D eigenvalue weighted by atomic mass is 32.1. The standard InChI is InChI=1S/C19H18N4OS/c1-13-7-8-16(24-13)18-17(15-6-2-3-10-21-15)22-19(25)23(18)12-14-5-4-9-20-11-14/h2-11,17-18H,12H2,1H3,(H,22,25)/t17-,18+/m1/s1. The Bertz CT molecular complexity index is 865. The fourth-order valence-electron chi connectivity index (χ4n) is 3.19. The molecule has 0 spiro atoms. The lowest BCUT2D eigenvalue weighted by Crippen LogP contribution is -2.29. The van der Waals surface area contributed by atoms with E-state index in [1.807, 2.05) is 55.6 Å². The zero-order valence-electron chi connectivity index (χ0n) is 13.8. The monoisotopic (exact) mass is 350 g/mol. The van der Waals surface area contributed by atoms with Gasteiger partial charge in [0.2, 0.25) is 0 Å². The number of thiocarbonyl (C=S) groups is 1. The molecule has 2 atom stereocenters. The van der Waals surface area contributed by atoms with Gasteiger partial charge in [-0.2, -0.15) is 0 Å². The SMILES string of the molecule is Cc1ccc([C@H]2[C@@H](c3ccccn3)NC(=S)N2Cc2cccnc2)o1. The molecule has 1 aliphatic heterocycles. The second-order valence-electron chi connectivity index (χ2n) is 6.06. The van der Waals surface area contributed by atoms with Crippen LogP contribution in [0.15, 0.2) is 65.5 Å². The van der Waals surface area contributed by atoms with Crippen LogP contribution in [0.4, 0.5) is 0 Å². The van der Waals surface area contributed by atoms with Gasteiger partial charge in [0.1, 0.15) is 17.6 Å². The van der Waals surface area contributed by atoms with Crippen molar-refractivity contribution in [3.8, 4) is 0 Å². The molecule has 5 nitrogen and oxygen atoms in total. The maximum atomic E-state index is 5.95. The summed E-state index contributed by atoms with van der Waals surface area (Å²) in [6.07, 6.45) is 5.43. The topological polar surface area (TPSA) is 54.2 Å². The molecule has 0 amide bonds. The maximum absolute atomic E-state index is 5.95. The van der Waals surface area contributed by atoms with Crippen LogP contribution in [0.1, 0.15) is 34.9 Å². The molecule has 0 aromatic carbocycles. The van der Waals surface area contributed by atoms with Gasteiger partial charge in [-0.25, -0.2) is 0 Å². The molecule has 25 heavy (non-hydrogen) atoms. The fourth-order valence-corrected chi connectivity index (χ4v) is 3.49. The molecular weight excluding hydrogens is 332 g/mol. The third-order valence-corrected chi connectivity index (χ3v) is 4.68. The summed E-state index contributed by atoms with van der Waals surface area (Å²) in [5.41, 5.74) is 2.04. The predicted octanol–water partition coefficient (Wildman–Crippen LogP) is 3.55. The van der Waals surface area contributed by atoms with Gasteiger partial charge < -0.3 is 14.6 Å². The number of pyridine rings is 2. The van der Waals surface area contributed by atoms with E-state index in [2.05, 4.69) is 20.2 Å². The maximum Gasteiger partial charge on any atom is 0.170 e. The van der Waals surface area contributed by atoms with Crippen LogP contribution < -0.4 is 5.32 Å². The molecule has 0 aliphatic carbocycles. The van der Waals surface area contributed by atoms with E-state index in [0.717, 1.165) is 22.8 Å². The van der Waals surface area contributed by atoms with E-state index >= 15 is 0 Å². The lowest BCUT2D eigenvalue weighted by molar-refractivity contribution is 0.264. The van der Waals surface area contributed by atoms with Crippen molar-refractivity contribution in [2.45, 2.75) is 25.6 Å². The van der Waals surface area contributed by atoms with E-state index in [1.54, 1.807) is 12.4 Å². The minimum Gasteiger partial charge on any atom is -0.464 e. The van der Waals surface area contributed by atoms with Gasteiger partial charge in [-0.15, -0.1) is 0 Å². The molecule has 6 heteroatoms. The zero-order valence-corrected chi connectivity index (χ0v) is 14.6. The number of furan rings is 1. The quantitative estimate of drug-likeness (QED) is 0.726. The van der Waals surface area contributed by atoms with Crippen LogP contribution in [0.25, 0.3) is 0 Å². The highest BCUT2D eigenvalue weighted by Crippen LogP contribution is 2.39. The van der Waals surface area contributed by atoms with Crippen LogP contribution >= 0.6 is 12.2 Å². The molecule has 126 valence electrons. The third kappa shape index (κ3) is 3.13. The summed E-state index contributed by atoms with van der Waals surface area (Å²) >= 11 is 5.63. The predicted molar refractivity (Wildman–Crippen MR) is 98.7 cm³/mol. The van der Waals surface area contributed by atoms with Crippen LogP contribution in [-0.4, -0.2) is 20.0 Å². The average molecular weight is 350 g/mol. The Balaban J connectivity index is 1.72. The molecule has 0 unspecified atom stereocenters. The van der Waals surface area contributed by atoms with Crippen LogP contribution in [0.5, 0.6) is 0 Å². The van der Waals surface area contributed by atoms with Gasteiger partial charge in [-0.05, 0) is 55.0 Å². The van der Waals surface area contributed by atoms with Gasteiger partial charge in [0.25, 0.3) is 0 Å². The Kier molecular flexibility index (Phi) is 4.19. The summed E-state index contributed by atoms with van der Waals surface area (Å²) in [6, 6.07) is 13.8. The van der Waals surface area contributed by atoms with Gasteiger partial charge in [0.05, 0.1) is 11.7 Å². The summed E-state index contributed by atoms with van der Waals surface area (Å²) in [7, 11) is 0. The number of nitrogens with one attached hydrogen (secondary N) is 1. The largest absolute Gasteiger partial charge is 0.464 e. The highest BCUT2D eigenvalue weighted by molar-refractivity contribution is 7.80. The Hall–Kier alpha value is -2.73. The van der Waals surface area contributed by atoms with Gasteiger partial charge >= 0.3 is 0 Å². The number of hydrogen-bond donors (Lipinski definition) is 1. The molecule has 0 radical (unpaired) electrons. The summed E-state index contributed by atoms with van der Waals surface area (Å²) in [5, 5.41) is 4.11. The van der Waals surface area contributed by atoms with E-state index in [9.17, 15) is 0 Å². The van der Waals surface area contributed by atoms with E-state index in [4.69, 9.17) is 16.6 Å². The lowest BCUT2D eigenvalue weighted by Gasteiger charge is -2.26. The molecule has 1 aliphatic rings. The Morgan fingerprint density at radius 2 is 2.08 bits per heavy atom. The normalized spacial score (nSPS) is 19.9. The smallest absolute Gasteiger partial charge is 0.170 e. The second kappa shape index (κ2) is 6.64. The van der Waals surface area contributed by atoms with Gasteiger partial charge in [-0.1, -0.05) is 12.1 Å². The van der Waals surface area contributed by atoms with Crippen molar-refractivity contribution in [3.05, 3.63) is 83.8 Å². The first kappa shape index (κ1) is 15.8. The van der Waals surface area contributed by atoms with Crippen molar-refractivity contribution in [2.75, 3.05) is 0 Å². The number of aromatic nitrogens is 2. The molecule has 4 heterocycles. The average Bonchev–Trinajstić information content (AvgIpc) is 3.20. The van der Waals surface area contributed by atoms with Crippen LogP contribution in [0.2, 0.25) is 0 Å². The molecule has 1 N–H and O–H groups in total. The number of hydrogen-bond acceptors (Lipinski definition) is 4. The molecule has 1 saturated heterocycles. The summed E-state index contributed by atoms with van der Waals surface area (Å²) < 4.78 is 5.95. The van der Waals surface area contributed by atoms with Crippen molar-refractivity contribution in [1.82, 2.24) is 20.2 Å². The molecule has 3 aromatic heterocycles. The Morgan fingerprint density at radius 3 is 2.76 bits per heavy atom. The minimum absolute atomic E-state index is 0.0590. The van der Waals surface area contributed by atoms with Crippen molar-refractivity contribution in [2.24, 2.45) is 0 Å². The van der Waals surface area contributed by atoms with Crippen LogP contribution in [0.3, 0.4) is 0 Å². The summed E-state index contributed by atoms with van der Waals surface area (Å²) in [6.45, 7) is 2.61. The number of nitrogens with zero attached hydrogens (tertiary/aromatic N) is 3. The Labute approximate surface area is 151 Å². The first-order valence-electron chi connectivity index (χ1n) is 8.15. The molecule has 1 fully saturated rings. The van der Waals surface area contributed by atoms with Crippen LogP contribution in [-0.2, 0) is 6.54 Å². The zero-order chi connectivity index (χ0) is 17.2. The van der Waals surface area contributed by atoms with Crippen molar-refractivity contribution >= 4 is 17.3 Å². The molecule has 0 saturated carbocycles. The van der Waals surface area contributed by atoms with Crippen molar-refractivity contribution in [3.63, 3.8) is 0 Å². The molecule has 0 bridgehead atoms. The molecule has 3 aromatic rings. The Morgan fingerprint density at radius 1 is 1.16 bits per heavy atom. The highest BCUT2D eigenvalue weighted by Gasteiger charge is 2.41. The van der Waals surface area contributed by atoms with Crippen molar-refractivity contribution < 1.29 is 4.42 Å². The van der Waals surface area contributed by atoms with E-state index in [-0.39, 0.29) is 12.1 Å². The second-order valence-corrected chi connectivity index (χ2v) is 6.45. The van der Waals surface area contributed by atoms with Gasteiger partial charge in [0.15, 0.2) is 5.11 Å². The van der Waals surface area contributed by atoms with Crippen LogP contribution in [0, 0.1) is 6.92 Å². The minimum atomic E-state index is -0.0593. The summed E-state index contributed by atoms with van der Waals surface area (Å²) in [5.74, 6) is 1.76. The number of rotatable bonds is 4. The van der Waals surface area contributed by atoms with Crippen molar-refractivity contribution in [1.29, 1.82) is 0 Å². The first-order valence-corrected chi connectivity index (χ1v) is 8.56.